The van der Waals surface area contributed by atoms with Crippen molar-refractivity contribution in [2.24, 2.45) is 0 Å². The lowest BCUT2D eigenvalue weighted by molar-refractivity contribution is 0.0786. The molecule has 2 N–H and O–H groups in total. The molecule has 0 radical (unpaired) electrons. The van der Waals surface area contributed by atoms with Crippen molar-refractivity contribution in [1.82, 2.24) is 19.9 Å². The zero-order chi connectivity index (χ0) is 29.2. The van der Waals surface area contributed by atoms with Crippen LogP contribution in [0, 0.1) is 6.92 Å². The number of aryl methyl sites for hydroxylation is 1. The number of ether oxygens (including phenoxy) is 2. The molecule has 0 saturated heterocycles. The van der Waals surface area contributed by atoms with Gasteiger partial charge < -0.3 is 29.2 Å². The third kappa shape index (κ3) is 5.54. The fourth-order valence-electron chi connectivity index (χ4n) is 5.66. The van der Waals surface area contributed by atoms with E-state index < -0.39 is 0 Å². The Hall–Kier alpha value is -4.44. The minimum Gasteiger partial charge on any atom is -0.495 e. The Balaban J connectivity index is 1.32. The van der Waals surface area contributed by atoms with Crippen molar-refractivity contribution in [3.8, 4) is 11.6 Å². The summed E-state index contributed by atoms with van der Waals surface area (Å²) in [5.74, 6) is 1.94. The number of anilines is 2. The van der Waals surface area contributed by atoms with Crippen LogP contribution in [0.15, 0.2) is 46.9 Å². The van der Waals surface area contributed by atoms with Crippen molar-refractivity contribution in [3.63, 3.8) is 0 Å². The summed E-state index contributed by atoms with van der Waals surface area (Å²) in [4.78, 5) is 28.6. The van der Waals surface area contributed by atoms with Crippen LogP contribution in [0.4, 0.5) is 11.6 Å². The Morgan fingerprint density at radius 3 is 2.76 bits per heavy atom. The second-order valence-corrected chi connectivity index (χ2v) is 10.8. The summed E-state index contributed by atoms with van der Waals surface area (Å²) in [6.45, 7) is 2.34. The Morgan fingerprint density at radius 1 is 1.14 bits per heavy atom. The van der Waals surface area contributed by atoms with E-state index in [0.717, 1.165) is 59.2 Å². The van der Waals surface area contributed by atoms with Crippen LogP contribution in [0.2, 0.25) is 0 Å². The van der Waals surface area contributed by atoms with Gasteiger partial charge in [-0.1, -0.05) is 12.1 Å². The molecule has 10 nitrogen and oxygen atoms in total. The van der Waals surface area contributed by atoms with Crippen molar-refractivity contribution in [2.75, 3.05) is 32.6 Å². The minimum absolute atomic E-state index is 0.0322. The Labute approximate surface area is 244 Å². The maximum atomic E-state index is 12.9. The number of methoxy groups -OCH3 is 1. The molecule has 42 heavy (non-hydrogen) atoms. The molecule has 2 heterocycles. The first-order valence-corrected chi connectivity index (χ1v) is 14.4. The van der Waals surface area contributed by atoms with Crippen LogP contribution in [-0.4, -0.2) is 64.3 Å². The van der Waals surface area contributed by atoms with Crippen molar-refractivity contribution < 1.29 is 23.8 Å². The molecule has 2 aromatic carbocycles. The lowest BCUT2D eigenvalue weighted by atomic mass is 10.0. The van der Waals surface area contributed by atoms with Gasteiger partial charge in [0.25, 0.3) is 5.91 Å². The lowest BCUT2D eigenvalue weighted by Gasteiger charge is -2.19. The van der Waals surface area contributed by atoms with E-state index in [2.05, 4.69) is 16.4 Å². The fraction of sp³-hybridized carbons (Fsp3) is 0.375. The van der Waals surface area contributed by atoms with E-state index in [1.807, 2.05) is 25.1 Å². The number of rotatable bonds is 10. The third-order valence-electron chi connectivity index (χ3n) is 7.80. The van der Waals surface area contributed by atoms with E-state index in [9.17, 15) is 4.79 Å². The van der Waals surface area contributed by atoms with E-state index in [0.29, 0.717) is 54.1 Å². The molecule has 2 aliphatic rings. The van der Waals surface area contributed by atoms with Crippen LogP contribution in [-0.2, 0) is 6.42 Å². The number of nitrogens with zero attached hydrogens (tertiary/aromatic N) is 4. The molecule has 0 atom stereocenters. The number of aromatic nitrogens is 3. The normalized spacial score (nSPS) is 14.6. The summed E-state index contributed by atoms with van der Waals surface area (Å²) >= 11 is 0. The Morgan fingerprint density at radius 2 is 1.98 bits per heavy atom. The number of carbonyl (C=O) groups excluding carboxylic acids is 1. The zero-order valence-electron chi connectivity index (χ0n) is 24.1. The second kappa shape index (κ2) is 11.8. The highest BCUT2D eigenvalue weighted by atomic mass is 16.5. The number of benzene rings is 2. The number of carbonyl (C=O) groups is 1. The fourth-order valence-corrected chi connectivity index (χ4v) is 5.66. The van der Waals surface area contributed by atoms with E-state index in [4.69, 9.17) is 29.0 Å². The largest absolute Gasteiger partial charge is 0.495 e. The van der Waals surface area contributed by atoms with Crippen LogP contribution < -0.4 is 14.8 Å². The first-order chi connectivity index (χ1) is 20.4. The number of fused-ring (bicyclic) bond motifs is 2. The lowest BCUT2D eigenvalue weighted by Crippen LogP contribution is -2.28. The van der Waals surface area contributed by atoms with Crippen LogP contribution in [0.1, 0.15) is 65.2 Å². The average molecular weight is 570 g/mol. The summed E-state index contributed by atoms with van der Waals surface area (Å²) in [6.07, 6.45) is 7.71. The molecule has 0 bridgehead atoms. The quantitative estimate of drug-likeness (QED) is 0.257. The summed E-state index contributed by atoms with van der Waals surface area (Å²) in [6, 6.07) is 11.3. The number of aliphatic hydroxyl groups excluding tert-OH is 1. The number of aliphatic hydroxyl groups is 1. The smallest absolute Gasteiger partial charge is 0.253 e. The van der Waals surface area contributed by atoms with Gasteiger partial charge >= 0.3 is 0 Å². The zero-order valence-corrected chi connectivity index (χ0v) is 24.1. The number of nitrogens with one attached hydrogen (secondary N) is 1. The van der Waals surface area contributed by atoms with Crippen LogP contribution in [0.5, 0.6) is 11.6 Å². The number of hydrogen-bond donors (Lipinski definition) is 2. The standard InChI is InChI=1S/C32H35N5O5/c1-19-33-25-12-9-20(17-28(25)41-19)23-11-14-26-29(23)30(42-22-7-4-5-8-22)36-32(35-26)34-24-13-10-21(18-27(24)40-3)31(39)37(2)15-6-16-38/h9-13,17-18,22,38H,4-8,14-16H2,1-3H3,(H,34,35,36). The van der Waals surface area contributed by atoms with Crippen molar-refractivity contribution >= 4 is 34.2 Å². The van der Waals surface area contributed by atoms with Gasteiger partial charge in [-0.25, -0.2) is 9.97 Å². The summed E-state index contributed by atoms with van der Waals surface area (Å²) in [7, 11) is 3.28. The maximum Gasteiger partial charge on any atom is 0.253 e. The van der Waals surface area contributed by atoms with Crippen molar-refractivity contribution in [3.05, 3.63) is 70.7 Å². The molecule has 0 aliphatic heterocycles. The highest BCUT2D eigenvalue weighted by molar-refractivity contribution is 5.95. The molecule has 6 rings (SSSR count). The molecule has 1 fully saturated rings. The van der Waals surface area contributed by atoms with Gasteiger partial charge in [0.2, 0.25) is 11.8 Å². The van der Waals surface area contributed by atoms with Crippen molar-refractivity contribution in [1.29, 1.82) is 0 Å². The number of allylic oxidation sites excluding steroid dienone is 1. The molecular formula is C32H35N5O5. The average Bonchev–Trinajstić information content (AvgIpc) is 3.75. The highest BCUT2D eigenvalue weighted by Crippen LogP contribution is 2.41. The van der Waals surface area contributed by atoms with Crippen molar-refractivity contribution in [2.45, 2.75) is 51.6 Å². The summed E-state index contributed by atoms with van der Waals surface area (Å²) in [5, 5.41) is 12.4. The Kier molecular flexibility index (Phi) is 7.80. The molecule has 218 valence electrons. The molecule has 0 spiro atoms. The molecule has 0 unspecified atom stereocenters. The molecule has 1 amide bonds. The van der Waals surface area contributed by atoms with Gasteiger partial charge in [0.1, 0.15) is 17.4 Å². The van der Waals surface area contributed by atoms with Gasteiger partial charge in [-0.05, 0) is 73.6 Å². The second-order valence-electron chi connectivity index (χ2n) is 10.8. The van der Waals surface area contributed by atoms with Crippen LogP contribution in [0.25, 0.3) is 16.7 Å². The van der Waals surface area contributed by atoms with Gasteiger partial charge in [0, 0.05) is 39.1 Å². The molecule has 2 aliphatic carbocycles. The van der Waals surface area contributed by atoms with Gasteiger partial charge in [-0.15, -0.1) is 0 Å². The van der Waals surface area contributed by atoms with Gasteiger partial charge in [0.15, 0.2) is 11.5 Å². The molecule has 4 aromatic rings. The van der Waals surface area contributed by atoms with E-state index in [1.165, 1.54) is 0 Å². The van der Waals surface area contributed by atoms with E-state index >= 15 is 0 Å². The van der Waals surface area contributed by atoms with Gasteiger partial charge in [0.05, 0.1) is 24.1 Å². The monoisotopic (exact) mass is 569 g/mol. The van der Waals surface area contributed by atoms with Crippen LogP contribution >= 0.6 is 0 Å². The number of amides is 1. The SMILES string of the molecule is COc1cc(C(=O)N(C)CCCO)ccc1Nc1nc2c(c(OC3CCCC3)n1)C(c1ccc3nc(C)oc3c1)=CC2. The predicted molar refractivity (Wildman–Crippen MR) is 159 cm³/mol. The predicted octanol–water partition coefficient (Wildman–Crippen LogP) is 5.44. The molecule has 1 saturated carbocycles. The Bertz CT molecular complexity index is 1660. The minimum atomic E-state index is -0.147. The van der Waals surface area contributed by atoms with E-state index in [-0.39, 0.29) is 18.6 Å². The first kappa shape index (κ1) is 27.7. The summed E-state index contributed by atoms with van der Waals surface area (Å²) in [5.41, 5.74) is 6.50. The van der Waals surface area contributed by atoms with E-state index in [1.54, 1.807) is 37.3 Å². The highest BCUT2D eigenvalue weighted by Gasteiger charge is 2.28. The maximum absolute atomic E-state index is 12.9. The van der Waals surface area contributed by atoms with Gasteiger partial charge in [-0.2, -0.15) is 4.98 Å². The topological polar surface area (TPSA) is 123 Å². The van der Waals surface area contributed by atoms with Gasteiger partial charge in [-0.3, -0.25) is 4.79 Å². The number of hydrogen-bond acceptors (Lipinski definition) is 9. The summed E-state index contributed by atoms with van der Waals surface area (Å²) < 4.78 is 18.0. The number of oxazole rings is 1. The molecule has 2 aromatic heterocycles. The van der Waals surface area contributed by atoms with Crippen LogP contribution in [0.3, 0.4) is 0 Å². The first-order valence-electron chi connectivity index (χ1n) is 14.4. The molecule has 10 heteroatoms. The molecular weight excluding hydrogens is 534 g/mol. The third-order valence-corrected chi connectivity index (χ3v) is 7.80.